The molecule has 5 nitrogen and oxygen atoms in total. The lowest BCUT2D eigenvalue weighted by Crippen LogP contribution is -2.53. The lowest BCUT2D eigenvalue weighted by atomic mass is 10.0. The first-order valence-corrected chi connectivity index (χ1v) is 9.25. The molecule has 0 radical (unpaired) electrons. The van der Waals surface area contributed by atoms with Gasteiger partial charge in [0.15, 0.2) is 0 Å². The largest absolute Gasteiger partial charge is 0.326 e. The molecule has 1 aromatic heterocycles. The van der Waals surface area contributed by atoms with Gasteiger partial charge in [-0.1, -0.05) is 6.42 Å². The molecule has 0 spiro atoms. The van der Waals surface area contributed by atoms with Gasteiger partial charge >= 0.3 is 0 Å². The fourth-order valence-corrected chi connectivity index (χ4v) is 5.43. The van der Waals surface area contributed by atoms with Crippen LogP contribution in [0.1, 0.15) is 42.9 Å². The number of rotatable bonds is 4. The molecule has 20 heavy (non-hydrogen) atoms. The van der Waals surface area contributed by atoms with Crippen molar-refractivity contribution < 1.29 is 8.42 Å². The Balaban J connectivity index is 2.24. The van der Waals surface area contributed by atoms with Crippen LogP contribution < -0.4 is 10.6 Å². The molecule has 0 amide bonds. The van der Waals surface area contributed by atoms with Gasteiger partial charge in [-0.3, -0.25) is 0 Å². The molecule has 0 aromatic carbocycles. The summed E-state index contributed by atoms with van der Waals surface area (Å²) < 4.78 is 25.1. The molecule has 114 valence electrons. The van der Waals surface area contributed by atoms with Crippen molar-refractivity contribution in [2.45, 2.75) is 63.6 Å². The summed E-state index contributed by atoms with van der Waals surface area (Å²) in [5.41, 5.74) is 5.59. The van der Waals surface area contributed by atoms with E-state index in [4.69, 9.17) is 5.73 Å². The Morgan fingerprint density at radius 2 is 2.00 bits per heavy atom. The van der Waals surface area contributed by atoms with E-state index < -0.39 is 10.0 Å². The third-order valence-electron chi connectivity index (χ3n) is 3.83. The van der Waals surface area contributed by atoms with Crippen LogP contribution in [0.15, 0.2) is 11.0 Å². The van der Waals surface area contributed by atoms with Crippen LogP contribution in [-0.4, -0.2) is 25.5 Å². The predicted octanol–water partition coefficient (Wildman–Crippen LogP) is 1.97. The molecule has 7 heteroatoms. The summed E-state index contributed by atoms with van der Waals surface area (Å²) in [5.74, 6) is 0. The van der Waals surface area contributed by atoms with E-state index in [1.54, 1.807) is 6.07 Å². The Kier molecular flexibility index (Phi) is 4.86. The molecular formula is C13H23N3O2S2. The van der Waals surface area contributed by atoms with Crippen LogP contribution in [-0.2, 0) is 16.6 Å². The highest BCUT2D eigenvalue weighted by Crippen LogP contribution is 2.27. The number of hydrogen-bond donors (Lipinski definition) is 2. The highest BCUT2D eigenvalue weighted by atomic mass is 32.2. The van der Waals surface area contributed by atoms with Gasteiger partial charge in [-0.05, 0) is 39.7 Å². The number of nitrogens with zero attached hydrogens (tertiary/aromatic N) is 1. The SMILES string of the molecule is Cc1sc(CN)cc1S(=O)(=O)NN1C(C)CCCC1C. The summed E-state index contributed by atoms with van der Waals surface area (Å²) >= 11 is 1.44. The van der Waals surface area contributed by atoms with E-state index >= 15 is 0 Å². The number of piperidine rings is 1. The average Bonchev–Trinajstić information content (AvgIpc) is 2.76. The predicted molar refractivity (Wildman–Crippen MR) is 81.9 cm³/mol. The summed E-state index contributed by atoms with van der Waals surface area (Å²) in [7, 11) is -3.51. The number of hydrazine groups is 1. The summed E-state index contributed by atoms with van der Waals surface area (Å²) in [6, 6.07) is 2.13. The van der Waals surface area contributed by atoms with E-state index in [0.29, 0.717) is 11.4 Å². The lowest BCUT2D eigenvalue weighted by molar-refractivity contribution is 0.0790. The number of nitrogens with two attached hydrogens (primary N) is 1. The van der Waals surface area contributed by atoms with Gasteiger partial charge in [0.05, 0.1) is 4.90 Å². The summed E-state index contributed by atoms with van der Waals surface area (Å²) in [4.78, 5) is 4.79. The molecule has 1 saturated heterocycles. The Bertz CT molecular complexity index is 558. The zero-order chi connectivity index (χ0) is 14.9. The van der Waals surface area contributed by atoms with Crippen LogP contribution in [0.3, 0.4) is 0 Å². The van der Waals surface area contributed by atoms with Gasteiger partial charge in [0.1, 0.15) is 0 Å². The first kappa shape index (κ1) is 15.9. The molecule has 0 saturated carbocycles. The molecule has 3 N–H and O–H groups in total. The van der Waals surface area contributed by atoms with E-state index in [1.165, 1.54) is 11.3 Å². The van der Waals surface area contributed by atoms with Crippen LogP contribution in [0.4, 0.5) is 0 Å². The maximum Gasteiger partial charge on any atom is 0.254 e. The maximum absolute atomic E-state index is 12.6. The standard InChI is InChI=1S/C13H23N3O2S2/c1-9-5-4-6-10(2)16(9)15-20(17,18)13-7-12(8-14)19-11(13)3/h7,9-10,15H,4-6,8,14H2,1-3H3. The minimum atomic E-state index is -3.51. The second-order valence-electron chi connectivity index (χ2n) is 5.47. The fourth-order valence-electron chi connectivity index (χ4n) is 2.68. The van der Waals surface area contributed by atoms with Gasteiger partial charge in [-0.15, -0.1) is 16.2 Å². The van der Waals surface area contributed by atoms with Crippen molar-refractivity contribution in [1.82, 2.24) is 9.84 Å². The van der Waals surface area contributed by atoms with Crippen molar-refractivity contribution in [2.75, 3.05) is 0 Å². The topological polar surface area (TPSA) is 75.4 Å². The van der Waals surface area contributed by atoms with Gasteiger partial charge in [0.2, 0.25) is 0 Å². The van der Waals surface area contributed by atoms with Crippen molar-refractivity contribution in [1.29, 1.82) is 0 Å². The van der Waals surface area contributed by atoms with Gasteiger partial charge in [-0.2, -0.15) is 0 Å². The molecular weight excluding hydrogens is 294 g/mol. The summed E-state index contributed by atoms with van der Waals surface area (Å²) in [5, 5.41) is 1.87. The molecule has 2 rings (SSSR count). The van der Waals surface area contributed by atoms with Gasteiger partial charge in [-0.25, -0.2) is 13.4 Å². The molecule has 2 unspecified atom stereocenters. The highest BCUT2D eigenvalue weighted by molar-refractivity contribution is 7.89. The fraction of sp³-hybridized carbons (Fsp3) is 0.692. The number of hydrogen-bond acceptors (Lipinski definition) is 5. The second kappa shape index (κ2) is 6.11. The zero-order valence-electron chi connectivity index (χ0n) is 12.2. The first-order chi connectivity index (χ1) is 9.35. The average molecular weight is 317 g/mol. The van der Waals surface area contributed by atoms with E-state index in [2.05, 4.69) is 18.7 Å². The first-order valence-electron chi connectivity index (χ1n) is 6.95. The molecule has 1 fully saturated rings. The minimum Gasteiger partial charge on any atom is -0.326 e. The number of aryl methyl sites for hydroxylation is 1. The Morgan fingerprint density at radius 1 is 1.40 bits per heavy atom. The van der Waals surface area contributed by atoms with Gasteiger partial charge in [0, 0.05) is 28.4 Å². The monoisotopic (exact) mass is 317 g/mol. The third-order valence-corrected chi connectivity index (χ3v) is 6.49. The third kappa shape index (κ3) is 3.23. The van der Waals surface area contributed by atoms with E-state index in [-0.39, 0.29) is 12.1 Å². The van der Waals surface area contributed by atoms with Crippen LogP contribution in [0.5, 0.6) is 0 Å². The van der Waals surface area contributed by atoms with Crippen molar-refractivity contribution in [3.63, 3.8) is 0 Å². The smallest absolute Gasteiger partial charge is 0.254 e. The van der Waals surface area contributed by atoms with Crippen LogP contribution in [0, 0.1) is 6.92 Å². The molecule has 0 bridgehead atoms. The zero-order valence-corrected chi connectivity index (χ0v) is 13.9. The Hall–Kier alpha value is -0.470. The summed E-state index contributed by atoms with van der Waals surface area (Å²) in [6.07, 6.45) is 3.18. The van der Waals surface area contributed by atoms with Gasteiger partial charge < -0.3 is 5.73 Å². The maximum atomic E-state index is 12.6. The normalized spacial score (nSPS) is 25.0. The van der Waals surface area contributed by atoms with Crippen molar-refractivity contribution >= 4 is 21.4 Å². The molecule has 2 heterocycles. The van der Waals surface area contributed by atoms with E-state index in [0.717, 1.165) is 29.0 Å². The van der Waals surface area contributed by atoms with Crippen molar-refractivity contribution in [3.8, 4) is 0 Å². The Morgan fingerprint density at radius 3 is 2.50 bits per heavy atom. The number of nitrogens with one attached hydrogen (secondary N) is 1. The summed E-state index contributed by atoms with van der Waals surface area (Å²) in [6.45, 7) is 6.31. The van der Waals surface area contributed by atoms with E-state index in [9.17, 15) is 8.42 Å². The van der Waals surface area contributed by atoms with Crippen molar-refractivity contribution in [2.24, 2.45) is 5.73 Å². The molecule has 1 aliphatic heterocycles. The number of thiophene rings is 1. The van der Waals surface area contributed by atoms with Gasteiger partial charge in [0.25, 0.3) is 10.0 Å². The van der Waals surface area contributed by atoms with Crippen LogP contribution in [0.2, 0.25) is 0 Å². The quantitative estimate of drug-likeness (QED) is 0.890. The highest BCUT2D eigenvalue weighted by Gasteiger charge is 2.30. The second-order valence-corrected chi connectivity index (χ2v) is 8.44. The Labute approximate surface area is 125 Å². The number of sulfonamides is 1. The minimum absolute atomic E-state index is 0.224. The lowest BCUT2D eigenvalue weighted by Gasteiger charge is -2.38. The van der Waals surface area contributed by atoms with Crippen LogP contribution >= 0.6 is 11.3 Å². The molecule has 0 aliphatic carbocycles. The molecule has 1 aromatic rings. The molecule has 1 aliphatic rings. The van der Waals surface area contributed by atoms with Crippen LogP contribution in [0.25, 0.3) is 0 Å². The van der Waals surface area contributed by atoms with E-state index in [1.807, 2.05) is 11.9 Å². The van der Waals surface area contributed by atoms with Crippen molar-refractivity contribution in [3.05, 3.63) is 15.8 Å². The molecule has 2 atom stereocenters.